The number of benzene rings is 1. The van der Waals surface area contributed by atoms with Gasteiger partial charge in [-0.15, -0.1) is 0 Å². The molecule has 78 valence electrons. The Balaban J connectivity index is 3.30. The summed E-state index contributed by atoms with van der Waals surface area (Å²) in [5.41, 5.74) is 2.56. The highest BCUT2D eigenvalue weighted by Gasteiger charge is 2.20. The normalized spacial score (nSPS) is 11.5. The van der Waals surface area contributed by atoms with Gasteiger partial charge in [0.05, 0.1) is 11.3 Å². The second-order valence-electron chi connectivity index (χ2n) is 2.77. The van der Waals surface area contributed by atoms with Crippen molar-refractivity contribution in [2.75, 3.05) is 5.43 Å². The molecule has 0 amide bonds. The van der Waals surface area contributed by atoms with Crippen molar-refractivity contribution in [2.24, 2.45) is 5.84 Å². The lowest BCUT2D eigenvalue weighted by Crippen LogP contribution is -2.17. The van der Waals surface area contributed by atoms with E-state index in [2.05, 4.69) is 5.43 Å². The van der Waals surface area contributed by atoms with E-state index in [4.69, 9.17) is 16.2 Å². The quantitative estimate of drug-likeness (QED) is 0.408. The summed E-state index contributed by atoms with van der Waals surface area (Å²) in [6, 6.07) is 6.16. The number of nitrogens with two attached hydrogens (primary N) is 1. The summed E-state index contributed by atoms with van der Waals surface area (Å²) in [6.07, 6.45) is -1.70. The van der Waals surface area contributed by atoms with Gasteiger partial charge in [0.1, 0.15) is 6.07 Å². The van der Waals surface area contributed by atoms with Gasteiger partial charge in [-0.05, 0) is 6.07 Å². The topological polar surface area (TPSA) is 119 Å². The molecule has 6 nitrogen and oxygen atoms in total. The first-order valence-corrected chi connectivity index (χ1v) is 4.02. The van der Waals surface area contributed by atoms with Gasteiger partial charge in [0.2, 0.25) is 0 Å². The molecule has 0 aliphatic rings. The number of nitrogen functional groups attached to an aromatic ring is 1. The monoisotopic (exact) mass is 207 g/mol. The Morgan fingerprint density at radius 2 is 2.27 bits per heavy atom. The number of carboxylic acid groups (broad SMARTS) is 1. The highest BCUT2D eigenvalue weighted by Crippen LogP contribution is 2.25. The van der Waals surface area contributed by atoms with E-state index in [9.17, 15) is 9.90 Å². The Labute approximate surface area is 85.5 Å². The number of aliphatic carboxylic acids is 1. The van der Waals surface area contributed by atoms with E-state index >= 15 is 0 Å². The Bertz CT molecular complexity index is 425. The number of hydrazine groups is 1. The minimum atomic E-state index is -1.70. The third-order valence-corrected chi connectivity index (χ3v) is 1.89. The van der Waals surface area contributed by atoms with Gasteiger partial charge in [0.25, 0.3) is 0 Å². The van der Waals surface area contributed by atoms with E-state index in [1.54, 1.807) is 0 Å². The molecule has 1 atom stereocenters. The predicted octanol–water partition coefficient (Wildman–Crippen LogP) is -0.0381. The molecule has 15 heavy (non-hydrogen) atoms. The van der Waals surface area contributed by atoms with Crippen molar-refractivity contribution in [1.29, 1.82) is 5.26 Å². The highest BCUT2D eigenvalue weighted by atomic mass is 16.4. The zero-order valence-electron chi connectivity index (χ0n) is 7.64. The van der Waals surface area contributed by atoms with Gasteiger partial charge in [-0.1, -0.05) is 12.1 Å². The number of nitrogens with zero attached hydrogens (tertiary/aromatic N) is 1. The van der Waals surface area contributed by atoms with E-state index in [-0.39, 0.29) is 16.8 Å². The van der Waals surface area contributed by atoms with E-state index < -0.39 is 12.1 Å². The van der Waals surface area contributed by atoms with Crippen LogP contribution in [0.15, 0.2) is 18.2 Å². The standard InChI is InChI=1S/C9H9N3O3/c10-4-5-2-1-3-6(7(5)12-11)8(13)9(14)15/h1-3,8,12-13H,11H2,(H,14,15). The van der Waals surface area contributed by atoms with Crippen LogP contribution in [0.5, 0.6) is 0 Å². The third-order valence-electron chi connectivity index (χ3n) is 1.89. The minimum Gasteiger partial charge on any atom is -0.479 e. The van der Waals surface area contributed by atoms with Crippen LogP contribution >= 0.6 is 0 Å². The maximum atomic E-state index is 10.6. The lowest BCUT2D eigenvalue weighted by molar-refractivity contribution is -0.146. The second-order valence-corrected chi connectivity index (χ2v) is 2.77. The third kappa shape index (κ3) is 2.04. The second kappa shape index (κ2) is 4.41. The maximum Gasteiger partial charge on any atom is 0.337 e. The Morgan fingerprint density at radius 1 is 1.60 bits per heavy atom. The maximum absolute atomic E-state index is 10.6. The summed E-state index contributed by atoms with van der Waals surface area (Å²) in [5, 5.41) is 26.7. The van der Waals surface area contributed by atoms with Crippen molar-refractivity contribution in [2.45, 2.75) is 6.10 Å². The average Bonchev–Trinajstić information content (AvgIpc) is 2.26. The number of aliphatic hydroxyl groups excluding tert-OH is 1. The molecule has 0 heterocycles. The van der Waals surface area contributed by atoms with Crippen LogP contribution in [-0.2, 0) is 4.79 Å². The lowest BCUT2D eigenvalue weighted by Gasteiger charge is -2.12. The van der Waals surface area contributed by atoms with Gasteiger partial charge in [0, 0.05) is 5.56 Å². The molecule has 0 aliphatic carbocycles. The zero-order valence-corrected chi connectivity index (χ0v) is 7.64. The number of anilines is 1. The summed E-state index contributed by atoms with van der Waals surface area (Å²) >= 11 is 0. The van der Waals surface area contributed by atoms with E-state index in [0.717, 1.165) is 0 Å². The van der Waals surface area contributed by atoms with Gasteiger partial charge >= 0.3 is 5.97 Å². The molecule has 6 heteroatoms. The first-order valence-electron chi connectivity index (χ1n) is 4.02. The number of para-hydroxylation sites is 1. The Kier molecular flexibility index (Phi) is 3.23. The molecule has 0 bridgehead atoms. The molecule has 0 spiro atoms. The van der Waals surface area contributed by atoms with Crippen LogP contribution in [-0.4, -0.2) is 16.2 Å². The number of nitrogens with one attached hydrogen (secondary N) is 1. The molecule has 1 aromatic carbocycles. The molecule has 0 fully saturated rings. The molecule has 0 aliphatic heterocycles. The summed E-state index contributed by atoms with van der Waals surface area (Å²) in [5.74, 6) is 3.76. The number of aliphatic hydroxyl groups is 1. The number of carboxylic acids is 1. The van der Waals surface area contributed by atoms with Crippen molar-refractivity contribution in [1.82, 2.24) is 0 Å². The average molecular weight is 207 g/mol. The number of carbonyl (C=O) groups is 1. The fourth-order valence-electron chi connectivity index (χ4n) is 1.19. The molecule has 1 unspecified atom stereocenters. The van der Waals surface area contributed by atoms with Crippen LogP contribution in [0.25, 0.3) is 0 Å². The summed E-state index contributed by atoms with van der Waals surface area (Å²) in [7, 11) is 0. The number of hydrogen-bond donors (Lipinski definition) is 4. The molecule has 0 radical (unpaired) electrons. The molecule has 0 aromatic heterocycles. The van der Waals surface area contributed by atoms with Crippen LogP contribution in [0.2, 0.25) is 0 Å². The minimum absolute atomic E-state index is 0.0593. The van der Waals surface area contributed by atoms with Crippen molar-refractivity contribution in [3.8, 4) is 6.07 Å². The van der Waals surface area contributed by atoms with Gasteiger partial charge < -0.3 is 15.6 Å². The molecule has 5 N–H and O–H groups in total. The molecule has 0 saturated heterocycles. The lowest BCUT2D eigenvalue weighted by atomic mass is 10.0. The van der Waals surface area contributed by atoms with Crippen LogP contribution < -0.4 is 11.3 Å². The van der Waals surface area contributed by atoms with Crippen LogP contribution in [0.4, 0.5) is 5.69 Å². The number of hydrogen-bond acceptors (Lipinski definition) is 5. The van der Waals surface area contributed by atoms with Gasteiger partial charge in [0.15, 0.2) is 6.10 Å². The predicted molar refractivity (Wildman–Crippen MR) is 51.6 cm³/mol. The summed E-state index contributed by atoms with van der Waals surface area (Å²) in [4.78, 5) is 10.6. The summed E-state index contributed by atoms with van der Waals surface area (Å²) in [6.45, 7) is 0. The smallest absolute Gasteiger partial charge is 0.337 e. The fraction of sp³-hybridized carbons (Fsp3) is 0.111. The van der Waals surface area contributed by atoms with Crippen LogP contribution in [0, 0.1) is 11.3 Å². The molecule has 1 aromatic rings. The first kappa shape index (κ1) is 11.0. The largest absolute Gasteiger partial charge is 0.479 e. The zero-order chi connectivity index (χ0) is 11.4. The van der Waals surface area contributed by atoms with Crippen LogP contribution in [0.3, 0.4) is 0 Å². The van der Waals surface area contributed by atoms with E-state index in [0.29, 0.717) is 0 Å². The van der Waals surface area contributed by atoms with Gasteiger partial charge in [-0.2, -0.15) is 5.26 Å². The van der Waals surface area contributed by atoms with Crippen molar-refractivity contribution < 1.29 is 15.0 Å². The SMILES string of the molecule is N#Cc1cccc(C(O)C(=O)O)c1NN. The Hall–Kier alpha value is -2.10. The van der Waals surface area contributed by atoms with E-state index in [1.807, 2.05) is 6.07 Å². The van der Waals surface area contributed by atoms with Crippen molar-refractivity contribution in [3.05, 3.63) is 29.3 Å². The molecule has 1 rings (SSSR count). The fourth-order valence-corrected chi connectivity index (χ4v) is 1.19. The van der Waals surface area contributed by atoms with Crippen molar-refractivity contribution in [3.63, 3.8) is 0 Å². The van der Waals surface area contributed by atoms with E-state index in [1.165, 1.54) is 18.2 Å². The highest BCUT2D eigenvalue weighted by molar-refractivity contribution is 5.78. The van der Waals surface area contributed by atoms with Gasteiger partial charge in [-0.25, -0.2) is 4.79 Å². The number of nitriles is 1. The van der Waals surface area contributed by atoms with Crippen molar-refractivity contribution >= 4 is 11.7 Å². The first-order chi connectivity index (χ1) is 7.11. The van der Waals surface area contributed by atoms with Gasteiger partial charge in [-0.3, -0.25) is 5.84 Å². The molecular formula is C9H9N3O3. The summed E-state index contributed by atoms with van der Waals surface area (Å²) < 4.78 is 0. The number of rotatable bonds is 3. The van der Waals surface area contributed by atoms with Crippen LogP contribution in [0.1, 0.15) is 17.2 Å². The molecular weight excluding hydrogens is 198 g/mol. The Morgan fingerprint density at radius 3 is 2.73 bits per heavy atom. The molecule has 0 saturated carbocycles.